The Balaban J connectivity index is 1.49. The second-order valence-corrected chi connectivity index (χ2v) is 15.3. The van der Waals surface area contributed by atoms with Gasteiger partial charge < -0.3 is 15.0 Å². The second-order valence-electron chi connectivity index (χ2n) is 12.5. The molecular formula is C33H41FN4O5S2. The number of aromatic nitrogens is 1. The van der Waals surface area contributed by atoms with Crippen LogP contribution in [0.3, 0.4) is 0 Å². The molecule has 2 aromatic carbocycles. The van der Waals surface area contributed by atoms with Crippen molar-refractivity contribution >= 4 is 55.2 Å². The van der Waals surface area contributed by atoms with Gasteiger partial charge in [0, 0.05) is 32.1 Å². The van der Waals surface area contributed by atoms with Crippen molar-refractivity contribution in [1.29, 1.82) is 0 Å². The molecule has 0 aliphatic carbocycles. The first-order valence-corrected chi connectivity index (χ1v) is 17.7. The predicted molar refractivity (Wildman–Crippen MR) is 175 cm³/mol. The van der Waals surface area contributed by atoms with Crippen LogP contribution in [0, 0.1) is 11.3 Å². The van der Waals surface area contributed by atoms with Gasteiger partial charge in [-0.3, -0.25) is 9.18 Å². The van der Waals surface area contributed by atoms with Crippen LogP contribution in [0.4, 0.5) is 10.1 Å². The molecule has 12 heteroatoms. The molecule has 0 spiro atoms. The number of halogens is 1. The number of carbonyl (C=O) groups is 2. The van der Waals surface area contributed by atoms with E-state index in [1.54, 1.807) is 17.9 Å². The number of carbonyl (C=O) groups excluding carboxylic acids is 2. The zero-order chi connectivity index (χ0) is 32.2. The summed E-state index contributed by atoms with van der Waals surface area (Å²) < 4.78 is 50.2. The molecule has 3 heterocycles. The van der Waals surface area contributed by atoms with Crippen LogP contribution in [0.5, 0.6) is 0 Å². The van der Waals surface area contributed by atoms with Gasteiger partial charge in [-0.05, 0) is 85.4 Å². The molecule has 0 radical (unpaired) electrons. The quantitative estimate of drug-likeness (QED) is 0.211. The van der Waals surface area contributed by atoms with Gasteiger partial charge >= 0.3 is 5.97 Å². The van der Waals surface area contributed by atoms with Crippen molar-refractivity contribution in [2.75, 3.05) is 38.2 Å². The highest BCUT2D eigenvalue weighted by Crippen LogP contribution is 2.38. The Morgan fingerprint density at radius 1 is 1.24 bits per heavy atom. The summed E-state index contributed by atoms with van der Waals surface area (Å²) in [4.78, 5) is 32.4. The molecule has 1 unspecified atom stereocenters. The number of ether oxygens (including phenoxy) is 1. The van der Waals surface area contributed by atoms with E-state index in [1.807, 2.05) is 30.3 Å². The average molecular weight is 657 g/mol. The lowest BCUT2D eigenvalue weighted by molar-refractivity contribution is -0.137. The highest BCUT2D eigenvalue weighted by atomic mass is 32.2. The lowest BCUT2D eigenvalue weighted by Crippen LogP contribution is -2.51. The molecule has 9 nitrogen and oxygen atoms in total. The topological polar surface area (TPSA) is 118 Å². The Hall–Kier alpha value is -3.35. The fourth-order valence-electron chi connectivity index (χ4n) is 6.03. The van der Waals surface area contributed by atoms with Crippen LogP contribution in [-0.4, -0.2) is 69.1 Å². The summed E-state index contributed by atoms with van der Waals surface area (Å²) in [6.07, 6.45) is 5.37. The monoisotopic (exact) mass is 656 g/mol. The van der Waals surface area contributed by atoms with Crippen LogP contribution in [0.15, 0.2) is 47.4 Å². The summed E-state index contributed by atoms with van der Waals surface area (Å²) in [7, 11) is -4.25. The number of anilines is 1. The third kappa shape index (κ3) is 8.09. The van der Waals surface area contributed by atoms with E-state index in [0.717, 1.165) is 15.8 Å². The molecule has 1 amide bonds. The Kier molecular flexibility index (Phi) is 10.2. The van der Waals surface area contributed by atoms with Crippen molar-refractivity contribution < 1.29 is 27.1 Å². The van der Waals surface area contributed by atoms with E-state index in [9.17, 15) is 22.4 Å². The molecule has 1 atom stereocenters. The van der Waals surface area contributed by atoms with Crippen molar-refractivity contribution in [3.8, 4) is 0 Å². The van der Waals surface area contributed by atoms with Crippen LogP contribution in [0.2, 0.25) is 0 Å². The highest BCUT2D eigenvalue weighted by molar-refractivity contribution is 7.89. The van der Waals surface area contributed by atoms with Gasteiger partial charge in [0.1, 0.15) is 10.9 Å². The normalized spacial score (nSPS) is 17.6. The van der Waals surface area contributed by atoms with E-state index in [-0.39, 0.29) is 41.8 Å². The number of fused-ring (bicyclic) bond motifs is 2. The molecule has 1 saturated heterocycles. The first-order chi connectivity index (χ1) is 21.5. The standard InChI is InChI=1S/C33H41FN4O5S2/c1-4-43-30(39)10-9-23-17-24-20-33(2,3)21-35-31(24)28(18-23)45(41,42)37-26(19-29-36-25-7-5-6-8-27(25)44-29)32(40)38-15-12-22(11-14-34)13-16-38/h5-10,17-18,22,26,35,37H,4,11-16,19-21H2,1-3H3/b10-9+. The number of esters is 1. The molecule has 0 saturated carbocycles. The minimum absolute atomic E-state index is 0.0164. The molecule has 242 valence electrons. The minimum Gasteiger partial charge on any atom is -0.463 e. The van der Waals surface area contributed by atoms with E-state index < -0.39 is 22.0 Å². The molecule has 2 aliphatic rings. The molecule has 45 heavy (non-hydrogen) atoms. The molecule has 1 aromatic heterocycles. The van der Waals surface area contributed by atoms with Crippen LogP contribution in [0.1, 0.15) is 56.2 Å². The van der Waals surface area contributed by atoms with Crippen molar-refractivity contribution in [2.45, 2.75) is 63.8 Å². The largest absolute Gasteiger partial charge is 0.463 e. The second kappa shape index (κ2) is 14.0. The van der Waals surface area contributed by atoms with Crippen molar-refractivity contribution in [2.24, 2.45) is 11.3 Å². The van der Waals surface area contributed by atoms with Crippen molar-refractivity contribution in [3.63, 3.8) is 0 Å². The molecular weight excluding hydrogens is 616 g/mol. The number of amides is 1. The number of thiazole rings is 1. The Bertz CT molecular complexity index is 1650. The number of hydrogen-bond acceptors (Lipinski definition) is 8. The van der Waals surface area contributed by atoms with Gasteiger partial charge in [0.05, 0.1) is 34.2 Å². The molecule has 1 fully saturated rings. The zero-order valence-electron chi connectivity index (χ0n) is 26.0. The molecule has 3 aromatic rings. The Morgan fingerprint density at radius 3 is 2.71 bits per heavy atom. The van der Waals surface area contributed by atoms with E-state index >= 15 is 0 Å². The van der Waals surface area contributed by atoms with Crippen LogP contribution in [0.25, 0.3) is 16.3 Å². The van der Waals surface area contributed by atoms with Gasteiger partial charge in [-0.15, -0.1) is 11.3 Å². The van der Waals surface area contributed by atoms with E-state index in [0.29, 0.717) is 61.6 Å². The summed E-state index contributed by atoms with van der Waals surface area (Å²) in [5, 5.41) is 3.97. The lowest BCUT2D eigenvalue weighted by Gasteiger charge is -2.35. The highest BCUT2D eigenvalue weighted by Gasteiger charge is 2.35. The number of alkyl halides is 1. The molecule has 0 bridgehead atoms. The van der Waals surface area contributed by atoms with Gasteiger partial charge in [0.25, 0.3) is 0 Å². The number of rotatable bonds is 11. The van der Waals surface area contributed by atoms with Gasteiger partial charge in [-0.1, -0.05) is 26.0 Å². The van der Waals surface area contributed by atoms with Crippen LogP contribution in [-0.2, 0) is 37.2 Å². The number of sulfonamides is 1. The number of piperidine rings is 1. The number of benzene rings is 2. The van der Waals surface area contributed by atoms with E-state index in [1.165, 1.54) is 23.5 Å². The van der Waals surface area contributed by atoms with Crippen LogP contribution >= 0.6 is 11.3 Å². The third-order valence-electron chi connectivity index (χ3n) is 8.36. The van der Waals surface area contributed by atoms with E-state index in [4.69, 9.17) is 4.74 Å². The van der Waals surface area contributed by atoms with Crippen LogP contribution < -0.4 is 10.0 Å². The molecule has 2 aliphatic heterocycles. The number of nitrogens with zero attached hydrogens (tertiary/aromatic N) is 2. The van der Waals surface area contributed by atoms with Gasteiger partial charge in [0.2, 0.25) is 15.9 Å². The van der Waals surface area contributed by atoms with Gasteiger partial charge in [-0.25, -0.2) is 18.2 Å². The summed E-state index contributed by atoms with van der Waals surface area (Å²) in [5.41, 5.74) is 2.51. The van der Waals surface area contributed by atoms with E-state index in [2.05, 4.69) is 28.9 Å². The number of nitrogens with one attached hydrogen (secondary N) is 2. The predicted octanol–water partition coefficient (Wildman–Crippen LogP) is 5.35. The molecule has 5 rings (SSSR count). The Morgan fingerprint density at radius 2 is 2.00 bits per heavy atom. The number of hydrogen-bond donors (Lipinski definition) is 2. The van der Waals surface area contributed by atoms with Gasteiger partial charge in [-0.2, -0.15) is 4.72 Å². The van der Waals surface area contributed by atoms with Gasteiger partial charge in [0.15, 0.2) is 0 Å². The average Bonchev–Trinajstić information content (AvgIpc) is 3.41. The summed E-state index contributed by atoms with van der Waals surface area (Å²) in [5.74, 6) is -0.628. The maximum Gasteiger partial charge on any atom is 0.330 e. The number of para-hydroxylation sites is 1. The maximum atomic E-state index is 14.3. The fraction of sp³-hybridized carbons (Fsp3) is 0.485. The first-order valence-electron chi connectivity index (χ1n) is 15.4. The SMILES string of the molecule is CCOC(=O)/C=C/c1cc2c(c(S(=O)(=O)NC(Cc3nc4ccccc4s3)C(=O)N3CCC(CCF)CC3)c1)NCC(C)(C)C2. The van der Waals surface area contributed by atoms with Crippen molar-refractivity contribution in [1.82, 2.24) is 14.6 Å². The number of likely N-dealkylation sites (tertiary alicyclic amines) is 1. The lowest BCUT2D eigenvalue weighted by atomic mass is 9.82. The van der Waals surface area contributed by atoms with Crippen molar-refractivity contribution in [3.05, 3.63) is 58.6 Å². The molecule has 2 N–H and O–H groups in total. The minimum atomic E-state index is -4.25. The summed E-state index contributed by atoms with van der Waals surface area (Å²) >= 11 is 1.43. The first kappa shape index (κ1) is 33.0. The zero-order valence-corrected chi connectivity index (χ0v) is 27.6. The summed E-state index contributed by atoms with van der Waals surface area (Å²) in [6.45, 7) is 7.22. The summed E-state index contributed by atoms with van der Waals surface area (Å²) in [6, 6.07) is 9.94. The maximum absolute atomic E-state index is 14.3. The smallest absolute Gasteiger partial charge is 0.330 e. The Labute approximate surface area is 268 Å². The fourth-order valence-corrected chi connectivity index (χ4v) is 8.50. The third-order valence-corrected chi connectivity index (χ3v) is 10.9.